The molecule has 6 nitrogen and oxygen atoms in total. The molecule has 176 valence electrons. The van der Waals surface area contributed by atoms with E-state index >= 15 is 0 Å². The first-order valence-corrected chi connectivity index (χ1v) is 12.3. The van der Waals surface area contributed by atoms with E-state index in [2.05, 4.69) is 4.90 Å². The predicted octanol–water partition coefficient (Wildman–Crippen LogP) is 4.20. The minimum atomic E-state index is -0.793. The molecule has 0 amide bonds. The number of β-amino-alcohol motifs (C(OH)–C–C–N with tert-alkyl or cyclic N) is 1. The monoisotopic (exact) mass is 521 g/mol. The molecule has 0 spiro atoms. The summed E-state index contributed by atoms with van der Waals surface area (Å²) in [5, 5.41) is 20.5. The van der Waals surface area contributed by atoms with Gasteiger partial charge in [0.2, 0.25) is 0 Å². The molecule has 1 saturated heterocycles. The first-order valence-electron chi connectivity index (χ1n) is 10.2. The summed E-state index contributed by atoms with van der Waals surface area (Å²) in [7, 11) is 0. The second-order valence-corrected chi connectivity index (χ2v) is 9.56. The van der Waals surface area contributed by atoms with E-state index in [1.165, 1.54) is 11.8 Å². The Kier molecular flexibility index (Phi) is 10.5. The van der Waals surface area contributed by atoms with Crippen molar-refractivity contribution in [2.75, 3.05) is 51.9 Å². The van der Waals surface area contributed by atoms with Crippen LogP contribution in [0.25, 0.3) is 0 Å². The number of hydrogen-bond acceptors (Lipinski definition) is 7. The van der Waals surface area contributed by atoms with Crippen molar-refractivity contribution in [2.45, 2.75) is 22.0 Å². The van der Waals surface area contributed by atoms with Gasteiger partial charge in [-0.2, -0.15) is 0 Å². The normalized spacial score (nSPS) is 16.5. The predicted molar refractivity (Wildman–Crippen MR) is 128 cm³/mol. The van der Waals surface area contributed by atoms with E-state index in [9.17, 15) is 10.2 Å². The topological polar surface area (TPSA) is 71.4 Å². The number of rotatable bonds is 11. The lowest BCUT2D eigenvalue weighted by Crippen LogP contribution is -2.42. The molecule has 2 N–H and O–H groups in total. The molecular weight excluding hydrogens is 497 g/mol. The van der Waals surface area contributed by atoms with Gasteiger partial charge in [0.25, 0.3) is 0 Å². The van der Waals surface area contributed by atoms with Gasteiger partial charge in [0.1, 0.15) is 31.2 Å². The summed E-state index contributed by atoms with van der Waals surface area (Å²) in [6.45, 7) is 3.89. The number of aliphatic hydroxyl groups excluding tert-OH is 2. The maximum Gasteiger partial charge on any atom is 0.156 e. The van der Waals surface area contributed by atoms with Crippen molar-refractivity contribution in [2.24, 2.45) is 0 Å². The summed E-state index contributed by atoms with van der Waals surface area (Å²) in [6, 6.07) is 11.1. The van der Waals surface area contributed by atoms with E-state index in [-0.39, 0.29) is 19.1 Å². The molecule has 1 heterocycles. The number of aliphatic hydroxyl groups is 2. The van der Waals surface area contributed by atoms with Gasteiger partial charge in [-0.25, -0.2) is 0 Å². The van der Waals surface area contributed by atoms with E-state index in [0.29, 0.717) is 41.3 Å². The van der Waals surface area contributed by atoms with Crippen LogP contribution < -0.4 is 9.47 Å². The molecule has 32 heavy (non-hydrogen) atoms. The lowest BCUT2D eigenvalue weighted by Gasteiger charge is -2.28. The molecule has 0 radical (unpaired) electrons. The van der Waals surface area contributed by atoms with Crippen LogP contribution in [0.4, 0.5) is 0 Å². The fourth-order valence-corrected chi connectivity index (χ4v) is 4.74. The van der Waals surface area contributed by atoms with E-state index < -0.39 is 12.2 Å². The number of morpholine rings is 1. The van der Waals surface area contributed by atoms with Crippen molar-refractivity contribution in [3.05, 3.63) is 46.4 Å². The summed E-state index contributed by atoms with van der Waals surface area (Å²) in [6.07, 6.45) is -1.35. The Morgan fingerprint density at radius 2 is 1.56 bits per heavy atom. The Labute approximate surface area is 207 Å². The SMILES string of the molecule is OC(CCl)COc1c(Cl)cc(Sc2ccc(OCC(O)CN3CCOCC3)cc2)cc1Cl. The molecule has 10 heteroatoms. The Balaban J connectivity index is 1.50. The third-order valence-corrected chi connectivity index (χ3v) is 6.54. The van der Waals surface area contributed by atoms with E-state index in [4.69, 9.17) is 49.0 Å². The van der Waals surface area contributed by atoms with Crippen LogP contribution in [0.3, 0.4) is 0 Å². The van der Waals surface area contributed by atoms with Gasteiger partial charge in [0, 0.05) is 29.4 Å². The van der Waals surface area contributed by atoms with Crippen LogP contribution in [0, 0.1) is 0 Å². The van der Waals surface area contributed by atoms with Crippen molar-refractivity contribution in [3.8, 4) is 11.5 Å². The van der Waals surface area contributed by atoms with Crippen molar-refractivity contribution in [3.63, 3.8) is 0 Å². The molecule has 2 unspecified atom stereocenters. The maximum atomic E-state index is 10.2. The third kappa shape index (κ3) is 8.15. The highest BCUT2D eigenvalue weighted by Crippen LogP contribution is 2.39. The summed E-state index contributed by atoms with van der Waals surface area (Å²) < 4.78 is 16.5. The molecule has 3 rings (SSSR count). The molecule has 2 aromatic carbocycles. The number of nitrogens with zero attached hydrogens (tertiary/aromatic N) is 1. The van der Waals surface area contributed by atoms with E-state index in [1.54, 1.807) is 12.1 Å². The van der Waals surface area contributed by atoms with Crippen LogP contribution in [0.15, 0.2) is 46.2 Å². The third-order valence-electron chi connectivity index (χ3n) is 4.64. The zero-order valence-corrected chi connectivity index (χ0v) is 20.5. The number of halogens is 3. The quantitative estimate of drug-likeness (QED) is 0.429. The first-order chi connectivity index (χ1) is 15.4. The first kappa shape index (κ1) is 25.7. The molecule has 0 aromatic heterocycles. The number of benzene rings is 2. The van der Waals surface area contributed by atoms with Crippen molar-refractivity contribution in [1.82, 2.24) is 4.90 Å². The van der Waals surface area contributed by atoms with Gasteiger partial charge in [0.05, 0.1) is 29.1 Å². The highest BCUT2D eigenvalue weighted by atomic mass is 35.5. The van der Waals surface area contributed by atoms with Crippen LogP contribution in [-0.2, 0) is 4.74 Å². The molecule has 0 saturated carbocycles. The molecule has 1 aliphatic heterocycles. The van der Waals surface area contributed by atoms with Crippen molar-refractivity contribution >= 4 is 46.6 Å². The van der Waals surface area contributed by atoms with Crippen LogP contribution in [0.5, 0.6) is 11.5 Å². The largest absolute Gasteiger partial charge is 0.491 e. The highest BCUT2D eigenvalue weighted by molar-refractivity contribution is 7.99. The molecule has 2 aromatic rings. The van der Waals surface area contributed by atoms with Gasteiger partial charge in [-0.1, -0.05) is 35.0 Å². The number of ether oxygens (including phenoxy) is 3. The van der Waals surface area contributed by atoms with Gasteiger partial charge >= 0.3 is 0 Å². The van der Waals surface area contributed by atoms with Gasteiger partial charge in [-0.15, -0.1) is 11.6 Å². The van der Waals surface area contributed by atoms with Gasteiger partial charge in [0.15, 0.2) is 5.75 Å². The van der Waals surface area contributed by atoms with Crippen molar-refractivity contribution < 1.29 is 24.4 Å². The Morgan fingerprint density at radius 3 is 2.19 bits per heavy atom. The van der Waals surface area contributed by atoms with Gasteiger partial charge in [-0.05, 0) is 36.4 Å². The zero-order valence-electron chi connectivity index (χ0n) is 17.4. The van der Waals surface area contributed by atoms with Gasteiger partial charge < -0.3 is 24.4 Å². The number of alkyl halides is 1. The lowest BCUT2D eigenvalue weighted by molar-refractivity contribution is 0.00465. The van der Waals surface area contributed by atoms with E-state index in [1.807, 2.05) is 24.3 Å². The Morgan fingerprint density at radius 1 is 0.938 bits per heavy atom. The standard InChI is InChI=1S/C22H26Cl3NO5S/c23-11-15(27)13-31-22-20(24)9-19(10-21(22)25)32-18-3-1-17(2-4-18)30-14-16(28)12-26-5-7-29-8-6-26/h1-4,9-10,15-16,27-28H,5-8,11-14H2. The molecule has 2 atom stereocenters. The number of hydrogen-bond donors (Lipinski definition) is 2. The second-order valence-electron chi connectivity index (χ2n) is 7.29. The molecular formula is C22H26Cl3NO5S. The lowest BCUT2D eigenvalue weighted by atomic mass is 10.3. The molecule has 0 bridgehead atoms. The van der Waals surface area contributed by atoms with Crippen LogP contribution >= 0.6 is 46.6 Å². The average Bonchev–Trinajstić information content (AvgIpc) is 2.78. The fourth-order valence-electron chi connectivity index (χ4n) is 3.02. The molecule has 1 aliphatic rings. The summed E-state index contributed by atoms with van der Waals surface area (Å²) >= 11 is 19.7. The minimum absolute atomic E-state index is 0.0119. The zero-order chi connectivity index (χ0) is 22.9. The van der Waals surface area contributed by atoms with E-state index in [0.717, 1.165) is 22.9 Å². The highest BCUT2D eigenvalue weighted by Gasteiger charge is 2.16. The Bertz CT molecular complexity index is 829. The molecule has 1 fully saturated rings. The Hall–Kier alpha value is -0.900. The second kappa shape index (κ2) is 13.1. The van der Waals surface area contributed by atoms with Crippen LogP contribution in [-0.4, -0.2) is 79.3 Å². The minimum Gasteiger partial charge on any atom is -0.491 e. The van der Waals surface area contributed by atoms with Gasteiger partial charge in [-0.3, -0.25) is 4.90 Å². The maximum absolute atomic E-state index is 10.2. The summed E-state index contributed by atoms with van der Waals surface area (Å²) in [5.74, 6) is 1.07. The summed E-state index contributed by atoms with van der Waals surface area (Å²) in [5.41, 5.74) is 0. The summed E-state index contributed by atoms with van der Waals surface area (Å²) in [4.78, 5) is 3.99. The smallest absolute Gasteiger partial charge is 0.156 e. The van der Waals surface area contributed by atoms with Crippen molar-refractivity contribution in [1.29, 1.82) is 0 Å². The average molecular weight is 523 g/mol. The van der Waals surface area contributed by atoms with Crippen LogP contribution in [0.2, 0.25) is 10.0 Å². The fraction of sp³-hybridized carbons (Fsp3) is 0.455. The molecule has 0 aliphatic carbocycles. The van der Waals surface area contributed by atoms with Crippen LogP contribution in [0.1, 0.15) is 0 Å².